The fourth-order valence-electron chi connectivity index (χ4n) is 2.57. The predicted molar refractivity (Wildman–Crippen MR) is 101 cm³/mol. The van der Waals surface area contributed by atoms with Crippen LogP contribution in [0.25, 0.3) is 5.57 Å². The monoisotopic (exact) mass is 368 g/mol. The smallest absolute Gasteiger partial charge is 0.398 e. The molecule has 1 fully saturated rings. The Bertz CT molecular complexity index is 627. The molecule has 0 amide bonds. The molecular formula is C19H27BClFO3. The lowest BCUT2D eigenvalue weighted by Gasteiger charge is -2.32. The van der Waals surface area contributed by atoms with Crippen LogP contribution in [0.15, 0.2) is 30.0 Å². The average Bonchev–Trinajstić information content (AvgIpc) is 2.72. The van der Waals surface area contributed by atoms with Crippen molar-refractivity contribution in [3.8, 4) is 0 Å². The van der Waals surface area contributed by atoms with E-state index in [0.717, 1.165) is 0 Å². The van der Waals surface area contributed by atoms with Gasteiger partial charge in [0.25, 0.3) is 0 Å². The van der Waals surface area contributed by atoms with Crippen molar-refractivity contribution in [2.75, 3.05) is 6.61 Å². The first-order valence-corrected chi connectivity index (χ1v) is 9.03. The summed E-state index contributed by atoms with van der Waals surface area (Å²) in [5.74, 6) is 0. The molecule has 0 bridgehead atoms. The van der Waals surface area contributed by atoms with Gasteiger partial charge in [0.2, 0.25) is 0 Å². The molecule has 1 aromatic rings. The van der Waals surface area contributed by atoms with Gasteiger partial charge < -0.3 is 14.0 Å². The Morgan fingerprint density at radius 1 is 1.16 bits per heavy atom. The third-order valence-corrected chi connectivity index (χ3v) is 5.08. The van der Waals surface area contributed by atoms with Gasteiger partial charge in [-0.15, -0.1) is 0 Å². The quantitative estimate of drug-likeness (QED) is 0.623. The number of benzene rings is 1. The van der Waals surface area contributed by atoms with Gasteiger partial charge in [-0.2, -0.15) is 0 Å². The van der Waals surface area contributed by atoms with Crippen molar-refractivity contribution in [2.45, 2.75) is 65.3 Å². The van der Waals surface area contributed by atoms with Crippen molar-refractivity contribution in [3.05, 3.63) is 40.6 Å². The maximum atomic E-state index is 15.4. The molecule has 0 radical (unpaired) electrons. The summed E-state index contributed by atoms with van der Waals surface area (Å²) in [5, 5.41) is 0.494. The number of ether oxygens (including phenoxy) is 1. The van der Waals surface area contributed by atoms with Gasteiger partial charge in [-0.3, -0.25) is 0 Å². The summed E-state index contributed by atoms with van der Waals surface area (Å²) in [6.07, 6.45) is 0.463. The van der Waals surface area contributed by atoms with E-state index < -0.39 is 24.0 Å². The maximum Gasteiger partial charge on any atom is 0.525 e. The van der Waals surface area contributed by atoms with Gasteiger partial charge in [0.1, 0.15) is 5.73 Å². The zero-order chi connectivity index (χ0) is 18.8. The molecule has 138 valence electrons. The molecular weight excluding hydrogens is 341 g/mol. The highest BCUT2D eigenvalue weighted by atomic mass is 35.5. The molecule has 1 heterocycles. The molecule has 2 rings (SSSR count). The van der Waals surface area contributed by atoms with Gasteiger partial charge in [0.05, 0.1) is 23.9 Å². The maximum absolute atomic E-state index is 15.4. The predicted octanol–water partition coefficient (Wildman–Crippen LogP) is 5.47. The van der Waals surface area contributed by atoms with Gasteiger partial charge in [-0.05, 0) is 65.2 Å². The van der Waals surface area contributed by atoms with Crippen LogP contribution >= 0.6 is 11.6 Å². The molecule has 0 unspecified atom stereocenters. The van der Waals surface area contributed by atoms with Crippen molar-refractivity contribution < 1.29 is 18.4 Å². The van der Waals surface area contributed by atoms with E-state index in [0.29, 0.717) is 29.2 Å². The van der Waals surface area contributed by atoms with Crippen LogP contribution in [0.3, 0.4) is 0 Å². The SMILES string of the molecule is CC(C)OCCC(=C(F)B1OC(C)(C)C(C)(C)O1)c1ccccc1Cl. The lowest BCUT2D eigenvalue weighted by Crippen LogP contribution is -2.41. The Labute approximate surface area is 155 Å². The minimum atomic E-state index is -1.05. The average molecular weight is 369 g/mol. The molecule has 0 atom stereocenters. The second kappa shape index (κ2) is 7.79. The Morgan fingerprint density at radius 3 is 2.24 bits per heavy atom. The Hall–Kier alpha value is -0.875. The summed E-state index contributed by atoms with van der Waals surface area (Å²) in [4.78, 5) is 0. The van der Waals surface area contributed by atoms with Gasteiger partial charge in [0.15, 0.2) is 0 Å². The van der Waals surface area contributed by atoms with Crippen LogP contribution in [-0.4, -0.2) is 31.0 Å². The van der Waals surface area contributed by atoms with E-state index in [1.807, 2.05) is 53.7 Å². The lowest BCUT2D eigenvalue weighted by atomic mass is 9.82. The minimum Gasteiger partial charge on any atom is -0.398 e. The molecule has 1 aliphatic rings. The van der Waals surface area contributed by atoms with E-state index in [4.69, 9.17) is 25.6 Å². The van der Waals surface area contributed by atoms with Gasteiger partial charge in [0, 0.05) is 5.02 Å². The summed E-state index contributed by atoms with van der Waals surface area (Å²) in [5.41, 5.74) is -0.544. The molecule has 1 saturated heterocycles. The molecule has 6 heteroatoms. The second-order valence-electron chi connectivity index (χ2n) is 7.56. The van der Waals surface area contributed by atoms with E-state index in [9.17, 15) is 0 Å². The Morgan fingerprint density at radius 2 is 1.72 bits per heavy atom. The van der Waals surface area contributed by atoms with Crippen molar-refractivity contribution in [2.24, 2.45) is 0 Å². The topological polar surface area (TPSA) is 27.7 Å². The number of rotatable bonds is 6. The third kappa shape index (κ3) is 4.65. The normalized spacial score (nSPS) is 20.1. The molecule has 0 saturated carbocycles. The minimum absolute atomic E-state index is 0.0763. The largest absolute Gasteiger partial charge is 0.525 e. The van der Waals surface area contributed by atoms with E-state index in [1.165, 1.54) is 0 Å². The standard InChI is InChI=1S/C19H27BClFO3/c1-13(2)23-12-11-15(14-9-7-8-10-16(14)21)17(22)20-24-18(3,4)19(5,6)25-20/h7-10,13H,11-12H2,1-6H3. The van der Waals surface area contributed by atoms with E-state index in [-0.39, 0.29) is 6.10 Å². The van der Waals surface area contributed by atoms with Crippen LogP contribution in [0.4, 0.5) is 4.39 Å². The first-order valence-electron chi connectivity index (χ1n) is 8.66. The zero-order valence-corrected chi connectivity index (χ0v) is 16.6. The van der Waals surface area contributed by atoms with E-state index >= 15 is 4.39 Å². The summed E-state index contributed by atoms with van der Waals surface area (Å²) in [7, 11) is -1.05. The molecule has 0 N–H and O–H groups in total. The van der Waals surface area contributed by atoms with Gasteiger partial charge in [-0.25, -0.2) is 4.39 Å². The van der Waals surface area contributed by atoms with Crippen LogP contribution in [0, 0.1) is 0 Å². The Balaban J connectivity index is 2.36. The molecule has 25 heavy (non-hydrogen) atoms. The fraction of sp³-hybridized carbons (Fsp3) is 0.579. The summed E-state index contributed by atoms with van der Waals surface area (Å²) in [6.45, 7) is 11.9. The van der Waals surface area contributed by atoms with Crippen LogP contribution < -0.4 is 0 Å². The molecule has 0 aromatic heterocycles. The second-order valence-corrected chi connectivity index (χ2v) is 7.97. The summed E-state index contributed by atoms with van der Waals surface area (Å²) >= 11 is 6.30. The molecule has 0 aliphatic carbocycles. The van der Waals surface area contributed by atoms with Crippen LogP contribution in [0.1, 0.15) is 53.5 Å². The van der Waals surface area contributed by atoms with E-state index in [1.54, 1.807) is 12.1 Å². The highest BCUT2D eigenvalue weighted by Crippen LogP contribution is 2.41. The number of hydrogen-bond acceptors (Lipinski definition) is 3. The van der Waals surface area contributed by atoms with Crippen molar-refractivity contribution >= 4 is 24.3 Å². The summed E-state index contributed by atoms with van der Waals surface area (Å²) < 4.78 is 32.7. The third-order valence-electron chi connectivity index (χ3n) is 4.75. The fourth-order valence-corrected chi connectivity index (χ4v) is 2.82. The number of halogens is 2. The highest BCUT2D eigenvalue weighted by Gasteiger charge is 2.53. The first kappa shape index (κ1) is 20.4. The van der Waals surface area contributed by atoms with Crippen LogP contribution in [0.5, 0.6) is 0 Å². The zero-order valence-electron chi connectivity index (χ0n) is 15.9. The first-order chi connectivity index (χ1) is 11.5. The van der Waals surface area contributed by atoms with Gasteiger partial charge >= 0.3 is 7.12 Å². The van der Waals surface area contributed by atoms with Crippen molar-refractivity contribution in [1.29, 1.82) is 0 Å². The van der Waals surface area contributed by atoms with Crippen molar-refractivity contribution in [3.63, 3.8) is 0 Å². The summed E-state index contributed by atoms with van der Waals surface area (Å²) in [6, 6.07) is 7.21. The van der Waals surface area contributed by atoms with Crippen molar-refractivity contribution in [1.82, 2.24) is 0 Å². The lowest BCUT2D eigenvalue weighted by molar-refractivity contribution is 0.00578. The van der Waals surface area contributed by atoms with Crippen LogP contribution in [-0.2, 0) is 14.0 Å². The van der Waals surface area contributed by atoms with Gasteiger partial charge in [-0.1, -0.05) is 29.8 Å². The Kier molecular flexibility index (Phi) is 6.37. The molecule has 3 nitrogen and oxygen atoms in total. The highest BCUT2D eigenvalue weighted by molar-refractivity contribution is 6.55. The van der Waals surface area contributed by atoms with Crippen LogP contribution in [0.2, 0.25) is 5.02 Å². The molecule has 0 spiro atoms. The van der Waals surface area contributed by atoms with E-state index in [2.05, 4.69) is 0 Å². The number of hydrogen-bond donors (Lipinski definition) is 0. The molecule has 1 aromatic carbocycles. The molecule has 1 aliphatic heterocycles.